The highest BCUT2D eigenvalue weighted by Gasteiger charge is 2.17. The van der Waals surface area contributed by atoms with Crippen molar-refractivity contribution in [1.29, 1.82) is 0 Å². The maximum absolute atomic E-state index is 12.0. The van der Waals surface area contributed by atoms with Crippen LogP contribution in [-0.4, -0.2) is 37.4 Å². The lowest BCUT2D eigenvalue weighted by atomic mass is 10.1. The van der Waals surface area contributed by atoms with Crippen LogP contribution in [0.4, 0.5) is 0 Å². The Morgan fingerprint density at radius 3 is 2.48 bits per heavy atom. The summed E-state index contributed by atoms with van der Waals surface area (Å²) in [6.45, 7) is 6.49. The highest BCUT2D eigenvalue weighted by molar-refractivity contribution is 7.80. The number of rotatable bonds is 6. The molecule has 1 aromatic carbocycles. The van der Waals surface area contributed by atoms with Crippen LogP contribution in [0.25, 0.3) is 0 Å². The van der Waals surface area contributed by atoms with E-state index in [4.69, 9.17) is 33.3 Å². The zero-order valence-electron chi connectivity index (χ0n) is 13.7. The van der Waals surface area contributed by atoms with Gasteiger partial charge in [-0.3, -0.25) is 15.6 Å². The first-order valence-corrected chi connectivity index (χ1v) is 7.89. The topological polar surface area (TPSA) is 71.6 Å². The number of ether oxygens (including phenoxy) is 2. The minimum atomic E-state index is -0.692. The summed E-state index contributed by atoms with van der Waals surface area (Å²) >= 11 is 11.0. The van der Waals surface area contributed by atoms with Crippen LogP contribution in [0.2, 0.25) is 5.02 Å². The molecule has 1 aromatic rings. The van der Waals surface area contributed by atoms with Gasteiger partial charge in [-0.1, -0.05) is 11.6 Å². The van der Waals surface area contributed by atoms with Gasteiger partial charge in [0, 0.05) is 18.7 Å². The molecule has 0 saturated heterocycles. The van der Waals surface area contributed by atoms with Crippen molar-refractivity contribution >= 4 is 34.8 Å². The second-order valence-electron chi connectivity index (χ2n) is 4.99. The molecule has 0 aliphatic heterocycles. The van der Waals surface area contributed by atoms with E-state index in [-0.39, 0.29) is 5.91 Å². The number of benzene rings is 1. The molecule has 0 saturated carbocycles. The molecule has 0 bridgehead atoms. The zero-order chi connectivity index (χ0) is 17.4. The van der Waals surface area contributed by atoms with Gasteiger partial charge in [-0.15, -0.1) is 0 Å². The van der Waals surface area contributed by atoms with Crippen molar-refractivity contribution in [3.8, 4) is 5.75 Å². The SMILES string of the molecule is COCCNC(=S)NNC(=O)[C@H](C)Oc1c(C)cc(Cl)cc1C. The Hall–Kier alpha value is -1.57. The molecular weight excluding hydrogens is 338 g/mol. The molecule has 0 heterocycles. The number of carbonyl (C=O) groups is 1. The monoisotopic (exact) mass is 359 g/mol. The Kier molecular flexibility index (Phi) is 8.08. The van der Waals surface area contributed by atoms with Gasteiger partial charge in [-0.2, -0.15) is 0 Å². The van der Waals surface area contributed by atoms with Crippen molar-refractivity contribution in [3.05, 3.63) is 28.3 Å². The number of aryl methyl sites for hydroxylation is 2. The van der Waals surface area contributed by atoms with E-state index in [9.17, 15) is 4.79 Å². The van der Waals surface area contributed by atoms with Crippen LogP contribution in [0.1, 0.15) is 18.1 Å². The van der Waals surface area contributed by atoms with Gasteiger partial charge in [0.2, 0.25) is 0 Å². The molecule has 0 unspecified atom stereocenters. The minimum Gasteiger partial charge on any atom is -0.480 e. The van der Waals surface area contributed by atoms with Crippen LogP contribution < -0.4 is 20.9 Å². The van der Waals surface area contributed by atoms with E-state index in [0.29, 0.717) is 29.0 Å². The fourth-order valence-electron chi connectivity index (χ4n) is 1.84. The van der Waals surface area contributed by atoms with Crippen molar-refractivity contribution in [1.82, 2.24) is 16.2 Å². The molecule has 0 aromatic heterocycles. The summed E-state index contributed by atoms with van der Waals surface area (Å²) in [4.78, 5) is 12.0. The average molecular weight is 360 g/mol. The molecule has 1 rings (SSSR count). The van der Waals surface area contributed by atoms with E-state index in [2.05, 4.69) is 16.2 Å². The van der Waals surface area contributed by atoms with Gasteiger partial charge in [-0.25, -0.2) is 0 Å². The van der Waals surface area contributed by atoms with Gasteiger partial charge in [-0.05, 0) is 56.2 Å². The highest BCUT2D eigenvalue weighted by atomic mass is 35.5. The van der Waals surface area contributed by atoms with Gasteiger partial charge in [0.25, 0.3) is 5.91 Å². The standard InChI is InChI=1S/C15H22ClN3O3S/c1-9-7-12(16)8-10(2)13(9)22-11(3)14(20)18-19-15(23)17-5-6-21-4/h7-8,11H,5-6H2,1-4H3,(H,18,20)(H2,17,19,23)/t11-/m0/s1. The predicted octanol–water partition coefficient (Wildman–Crippen LogP) is 1.87. The first-order chi connectivity index (χ1) is 10.8. The first kappa shape index (κ1) is 19.5. The van der Waals surface area contributed by atoms with Gasteiger partial charge < -0.3 is 14.8 Å². The summed E-state index contributed by atoms with van der Waals surface area (Å²) in [6.07, 6.45) is -0.692. The van der Waals surface area contributed by atoms with E-state index >= 15 is 0 Å². The molecule has 128 valence electrons. The van der Waals surface area contributed by atoms with Crippen LogP contribution in [-0.2, 0) is 9.53 Å². The average Bonchev–Trinajstić information content (AvgIpc) is 2.48. The van der Waals surface area contributed by atoms with Gasteiger partial charge in [0.1, 0.15) is 5.75 Å². The smallest absolute Gasteiger partial charge is 0.279 e. The molecule has 1 amide bonds. The van der Waals surface area contributed by atoms with Crippen molar-refractivity contribution in [2.75, 3.05) is 20.3 Å². The Bertz CT molecular complexity index is 546. The number of halogens is 1. The van der Waals surface area contributed by atoms with Crippen molar-refractivity contribution < 1.29 is 14.3 Å². The van der Waals surface area contributed by atoms with E-state index < -0.39 is 6.10 Å². The number of carbonyl (C=O) groups excluding carboxylic acids is 1. The summed E-state index contributed by atoms with van der Waals surface area (Å²) < 4.78 is 10.6. The maximum Gasteiger partial charge on any atom is 0.279 e. The molecule has 0 radical (unpaired) electrons. The van der Waals surface area contributed by atoms with Crippen LogP contribution in [0.5, 0.6) is 5.75 Å². The number of thiocarbonyl (C=S) groups is 1. The van der Waals surface area contributed by atoms with Crippen LogP contribution >= 0.6 is 23.8 Å². The fourth-order valence-corrected chi connectivity index (χ4v) is 2.32. The lowest BCUT2D eigenvalue weighted by Crippen LogP contribution is -2.50. The molecule has 0 spiro atoms. The molecule has 3 N–H and O–H groups in total. The van der Waals surface area contributed by atoms with E-state index in [1.165, 1.54) is 0 Å². The van der Waals surface area contributed by atoms with Crippen molar-refractivity contribution in [2.45, 2.75) is 26.9 Å². The molecule has 0 aliphatic rings. The summed E-state index contributed by atoms with van der Waals surface area (Å²) in [6, 6.07) is 3.59. The van der Waals surface area contributed by atoms with Crippen molar-refractivity contribution in [3.63, 3.8) is 0 Å². The number of nitrogens with one attached hydrogen (secondary N) is 3. The van der Waals surface area contributed by atoms with Crippen LogP contribution in [0, 0.1) is 13.8 Å². The normalized spacial score (nSPS) is 11.5. The Morgan fingerprint density at radius 2 is 1.91 bits per heavy atom. The van der Waals surface area contributed by atoms with Gasteiger partial charge in [0.05, 0.1) is 6.61 Å². The second kappa shape index (κ2) is 9.54. The summed E-state index contributed by atoms with van der Waals surface area (Å²) in [5.74, 6) is 0.312. The Morgan fingerprint density at radius 1 is 1.30 bits per heavy atom. The highest BCUT2D eigenvalue weighted by Crippen LogP contribution is 2.27. The number of hydrogen-bond donors (Lipinski definition) is 3. The fraction of sp³-hybridized carbons (Fsp3) is 0.467. The molecular formula is C15H22ClN3O3S. The van der Waals surface area contributed by atoms with Crippen LogP contribution in [0.3, 0.4) is 0 Å². The number of hydrogen-bond acceptors (Lipinski definition) is 4. The Labute approximate surface area is 146 Å². The van der Waals surface area contributed by atoms with Crippen molar-refractivity contribution in [2.24, 2.45) is 0 Å². The van der Waals surface area contributed by atoms with E-state index in [1.807, 2.05) is 13.8 Å². The maximum atomic E-state index is 12.0. The zero-order valence-corrected chi connectivity index (χ0v) is 15.2. The predicted molar refractivity (Wildman–Crippen MR) is 94.8 cm³/mol. The van der Waals surface area contributed by atoms with Gasteiger partial charge >= 0.3 is 0 Å². The van der Waals surface area contributed by atoms with E-state index in [1.54, 1.807) is 26.2 Å². The molecule has 6 nitrogen and oxygen atoms in total. The third-order valence-corrected chi connectivity index (χ3v) is 3.44. The van der Waals surface area contributed by atoms with Gasteiger partial charge in [0.15, 0.2) is 11.2 Å². The quantitative estimate of drug-likeness (QED) is 0.409. The van der Waals surface area contributed by atoms with Crippen LogP contribution in [0.15, 0.2) is 12.1 Å². The number of methoxy groups -OCH3 is 1. The molecule has 8 heteroatoms. The third kappa shape index (κ3) is 6.60. The first-order valence-electron chi connectivity index (χ1n) is 7.11. The number of amides is 1. The molecule has 0 fully saturated rings. The molecule has 23 heavy (non-hydrogen) atoms. The summed E-state index contributed by atoms with van der Waals surface area (Å²) in [7, 11) is 1.60. The third-order valence-electron chi connectivity index (χ3n) is 2.98. The summed E-state index contributed by atoms with van der Waals surface area (Å²) in [5.41, 5.74) is 6.85. The lowest BCUT2D eigenvalue weighted by Gasteiger charge is -2.19. The molecule has 0 aliphatic carbocycles. The Balaban J connectivity index is 2.50. The second-order valence-corrected chi connectivity index (χ2v) is 5.84. The largest absolute Gasteiger partial charge is 0.480 e. The minimum absolute atomic E-state index is 0.307. The van der Waals surface area contributed by atoms with E-state index in [0.717, 1.165) is 11.1 Å². The lowest BCUT2D eigenvalue weighted by molar-refractivity contribution is -0.127. The summed E-state index contributed by atoms with van der Waals surface area (Å²) in [5, 5.41) is 3.82. The molecule has 1 atom stereocenters. The number of hydrazine groups is 1.